The van der Waals surface area contributed by atoms with Crippen LogP contribution in [0.3, 0.4) is 0 Å². The van der Waals surface area contributed by atoms with Gasteiger partial charge in [0.2, 0.25) is 5.95 Å². The van der Waals surface area contributed by atoms with E-state index in [1.165, 1.54) is 17.3 Å². The Hall–Kier alpha value is -0.290. The third kappa shape index (κ3) is 2.39. The molecule has 0 aliphatic carbocycles. The van der Waals surface area contributed by atoms with Gasteiger partial charge in [-0.25, -0.2) is 4.98 Å². The number of nitrogens with one attached hydrogen (secondary N) is 1. The van der Waals surface area contributed by atoms with Crippen molar-refractivity contribution in [3.05, 3.63) is 12.4 Å². The normalized spacial score (nSPS) is 22.2. The first-order chi connectivity index (χ1) is 6.90. The Kier molecular flexibility index (Phi) is 3.64. The zero-order chi connectivity index (χ0) is 9.80. The van der Waals surface area contributed by atoms with Gasteiger partial charge in [0.1, 0.15) is 0 Å². The molecule has 0 saturated carbocycles. The van der Waals surface area contributed by atoms with Crippen molar-refractivity contribution in [2.24, 2.45) is 0 Å². The predicted octanol–water partition coefficient (Wildman–Crippen LogP) is 1.77. The first-order valence-electron chi connectivity index (χ1n) is 4.78. The highest BCUT2D eigenvalue weighted by Crippen LogP contribution is 2.25. The number of hydrogen-bond acceptors (Lipinski definition) is 4. The highest BCUT2D eigenvalue weighted by atomic mass is 32.2. The molecule has 1 saturated heterocycles. The van der Waals surface area contributed by atoms with E-state index in [1.807, 2.05) is 19.4 Å². The standard InChI is InChI=1S/C9H15N3S2/c1-10-9-11-2-3-12(9)6-8-7-13-4-5-14-8/h2-3,8H,4-7H2,1H3,(H,10,11). The van der Waals surface area contributed by atoms with Gasteiger partial charge in [0.25, 0.3) is 0 Å². The molecule has 1 atom stereocenters. The molecule has 78 valence electrons. The summed E-state index contributed by atoms with van der Waals surface area (Å²) in [6.45, 7) is 1.08. The van der Waals surface area contributed by atoms with Gasteiger partial charge in [-0.2, -0.15) is 23.5 Å². The summed E-state index contributed by atoms with van der Waals surface area (Å²) in [6.07, 6.45) is 3.90. The fraction of sp³-hybridized carbons (Fsp3) is 0.667. The van der Waals surface area contributed by atoms with E-state index < -0.39 is 0 Å². The number of nitrogens with zero attached hydrogens (tertiary/aromatic N) is 2. The maximum absolute atomic E-state index is 4.24. The van der Waals surface area contributed by atoms with Crippen LogP contribution in [0.15, 0.2) is 12.4 Å². The lowest BCUT2D eigenvalue weighted by Crippen LogP contribution is -2.20. The number of rotatable bonds is 3. The average Bonchev–Trinajstić information content (AvgIpc) is 2.67. The second kappa shape index (κ2) is 4.98. The van der Waals surface area contributed by atoms with Crippen LogP contribution in [0.4, 0.5) is 5.95 Å². The largest absolute Gasteiger partial charge is 0.359 e. The third-order valence-electron chi connectivity index (χ3n) is 2.22. The maximum atomic E-state index is 4.24. The third-order valence-corrected chi connectivity index (χ3v) is 5.05. The fourth-order valence-corrected chi connectivity index (χ4v) is 4.21. The molecule has 0 bridgehead atoms. The van der Waals surface area contributed by atoms with E-state index in [2.05, 4.69) is 38.4 Å². The van der Waals surface area contributed by atoms with E-state index in [-0.39, 0.29) is 0 Å². The molecule has 0 amide bonds. The van der Waals surface area contributed by atoms with Gasteiger partial charge in [0.05, 0.1) is 0 Å². The summed E-state index contributed by atoms with van der Waals surface area (Å²) in [5.74, 6) is 4.84. The molecule has 1 aliphatic rings. The number of anilines is 1. The molecule has 14 heavy (non-hydrogen) atoms. The summed E-state index contributed by atoms with van der Waals surface area (Å²) in [4.78, 5) is 4.24. The van der Waals surface area contributed by atoms with Crippen LogP contribution in [0.5, 0.6) is 0 Å². The summed E-state index contributed by atoms with van der Waals surface area (Å²) in [5.41, 5.74) is 0. The quantitative estimate of drug-likeness (QED) is 0.855. The van der Waals surface area contributed by atoms with E-state index in [0.717, 1.165) is 17.7 Å². The van der Waals surface area contributed by atoms with E-state index >= 15 is 0 Å². The highest BCUT2D eigenvalue weighted by molar-refractivity contribution is 8.06. The second-order valence-corrected chi connectivity index (χ2v) is 5.78. The number of aromatic nitrogens is 2. The molecule has 1 unspecified atom stereocenters. The van der Waals surface area contributed by atoms with Crippen LogP contribution in [0.25, 0.3) is 0 Å². The van der Waals surface area contributed by atoms with Crippen LogP contribution < -0.4 is 5.32 Å². The molecule has 0 spiro atoms. The lowest BCUT2D eigenvalue weighted by Gasteiger charge is -2.21. The van der Waals surface area contributed by atoms with E-state index in [9.17, 15) is 0 Å². The molecule has 3 nitrogen and oxygen atoms in total. The second-order valence-electron chi connectivity index (χ2n) is 3.22. The molecular weight excluding hydrogens is 214 g/mol. The van der Waals surface area contributed by atoms with Crippen LogP contribution in [-0.2, 0) is 6.54 Å². The fourth-order valence-electron chi connectivity index (χ4n) is 1.55. The molecule has 1 aromatic heterocycles. The summed E-state index contributed by atoms with van der Waals surface area (Å²) in [7, 11) is 1.92. The van der Waals surface area contributed by atoms with Crippen molar-refractivity contribution in [2.75, 3.05) is 29.6 Å². The highest BCUT2D eigenvalue weighted by Gasteiger charge is 2.15. The molecule has 2 heterocycles. The Morgan fingerprint density at radius 3 is 3.29 bits per heavy atom. The Balaban J connectivity index is 1.95. The molecule has 2 rings (SSSR count). The molecule has 1 aliphatic heterocycles. The maximum Gasteiger partial charge on any atom is 0.202 e. The monoisotopic (exact) mass is 229 g/mol. The molecular formula is C9H15N3S2. The predicted molar refractivity (Wildman–Crippen MR) is 65.3 cm³/mol. The van der Waals surface area contributed by atoms with Crippen LogP contribution >= 0.6 is 23.5 Å². The van der Waals surface area contributed by atoms with Crippen molar-refractivity contribution < 1.29 is 0 Å². The molecule has 1 N–H and O–H groups in total. The van der Waals surface area contributed by atoms with E-state index in [1.54, 1.807) is 0 Å². The smallest absolute Gasteiger partial charge is 0.202 e. The Morgan fingerprint density at radius 2 is 2.57 bits per heavy atom. The number of thioether (sulfide) groups is 2. The minimum Gasteiger partial charge on any atom is -0.359 e. The summed E-state index contributed by atoms with van der Waals surface area (Å²) in [6, 6.07) is 0. The minimum atomic E-state index is 0.745. The van der Waals surface area contributed by atoms with Gasteiger partial charge in [-0.1, -0.05) is 0 Å². The summed E-state index contributed by atoms with van der Waals surface area (Å²) < 4.78 is 2.20. The molecule has 1 fully saturated rings. The summed E-state index contributed by atoms with van der Waals surface area (Å²) >= 11 is 4.15. The van der Waals surface area contributed by atoms with Crippen LogP contribution in [0.1, 0.15) is 0 Å². The van der Waals surface area contributed by atoms with Crippen molar-refractivity contribution in [3.8, 4) is 0 Å². The first-order valence-corrected chi connectivity index (χ1v) is 6.98. The zero-order valence-corrected chi connectivity index (χ0v) is 9.90. The average molecular weight is 229 g/mol. The van der Waals surface area contributed by atoms with Crippen molar-refractivity contribution in [1.29, 1.82) is 0 Å². The lowest BCUT2D eigenvalue weighted by molar-refractivity contribution is 0.701. The zero-order valence-electron chi connectivity index (χ0n) is 8.27. The molecule has 0 aromatic carbocycles. The van der Waals surface area contributed by atoms with Crippen molar-refractivity contribution in [2.45, 2.75) is 11.8 Å². The number of hydrogen-bond donors (Lipinski definition) is 1. The van der Waals surface area contributed by atoms with E-state index in [4.69, 9.17) is 0 Å². The minimum absolute atomic E-state index is 0.745. The number of imidazole rings is 1. The van der Waals surface area contributed by atoms with Crippen molar-refractivity contribution >= 4 is 29.5 Å². The molecule has 0 radical (unpaired) electrons. The van der Waals surface area contributed by atoms with Gasteiger partial charge in [0.15, 0.2) is 0 Å². The van der Waals surface area contributed by atoms with Crippen molar-refractivity contribution in [3.63, 3.8) is 0 Å². The van der Waals surface area contributed by atoms with Crippen molar-refractivity contribution in [1.82, 2.24) is 9.55 Å². The molecule has 5 heteroatoms. The van der Waals surface area contributed by atoms with Crippen LogP contribution in [0, 0.1) is 0 Å². The SMILES string of the molecule is CNc1nccn1CC1CSCCS1. The first kappa shape index (κ1) is 10.2. The van der Waals surface area contributed by atoms with Crippen LogP contribution in [-0.4, -0.2) is 39.1 Å². The van der Waals surface area contributed by atoms with Gasteiger partial charge < -0.3 is 9.88 Å². The summed E-state index contributed by atoms with van der Waals surface area (Å²) in [5, 5.41) is 3.85. The van der Waals surface area contributed by atoms with Gasteiger partial charge in [0, 0.05) is 48.5 Å². The van der Waals surface area contributed by atoms with E-state index in [0.29, 0.717) is 0 Å². The topological polar surface area (TPSA) is 29.9 Å². The Bertz CT molecular complexity index is 281. The van der Waals surface area contributed by atoms with Crippen LogP contribution in [0.2, 0.25) is 0 Å². The van der Waals surface area contributed by atoms with Gasteiger partial charge >= 0.3 is 0 Å². The Labute approximate surface area is 93.1 Å². The molecule has 1 aromatic rings. The Morgan fingerprint density at radius 1 is 1.64 bits per heavy atom. The van der Waals surface area contributed by atoms with Gasteiger partial charge in [-0.3, -0.25) is 0 Å². The van der Waals surface area contributed by atoms with Gasteiger partial charge in [-0.05, 0) is 0 Å². The lowest BCUT2D eigenvalue weighted by atomic mass is 10.4. The van der Waals surface area contributed by atoms with Gasteiger partial charge in [-0.15, -0.1) is 0 Å².